The van der Waals surface area contributed by atoms with E-state index in [4.69, 9.17) is 0 Å². The van der Waals surface area contributed by atoms with E-state index in [0.717, 1.165) is 18.7 Å². The molecule has 56 valence electrons. The first-order valence-corrected chi connectivity index (χ1v) is 3.84. The highest BCUT2D eigenvalue weighted by atomic mass is 15.1. The lowest BCUT2D eigenvalue weighted by Gasteiger charge is -2.09. The lowest BCUT2D eigenvalue weighted by atomic mass is 10.1. The smallest absolute Gasteiger partial charge is 0.0914 e. The third kappa shape index (κ3) is 1.04. The zero-order valence-electron chi connectivity index (χ0n) is 6.54. The maximum absolute atomic E-state index is 4.12. The van der Waals surface area contributed by atoms with Crippen LogP contribution in [0.3, 0.4) is 0 Å². The Balaban J connectivity index is 2.60. The molecule has 0 saturated heterocycles. The summed E-state index contributed by atoms with van der Waals surface area (Å²) in [6.45, 7) is 2.92. The van der Waals surface area contributed by atoms with E-state index in [-0.39, 0.29) is 0 Å². The van der Waals surface area contributed by atoms with Crippen LogP contribution in [0.2, 0.25) is 0 Å². The number of rotatable bonds is 0. The van der Waals surface area contributed by atoms with Crippen molar-refractivity contribution < 1.29 is 0 Å². The summed E-state index contributed by atoms with van der Waals surface area (Å²) in [5, 5.41) is 8.12. The molecule has 1 aliphatic heterocycles. The molecule has 2 heteroatoms. The number of benzene rings is 1. The molecule has 1 aromatic carbocycles. The predicted molar refractivity (Wildman–Crippen MR) is 44.3 cm³/mol. The van der Waals surface area contributed by atoms with Gasteiger partial charge in [-0.1, -0.05) is 18.2 Å². The van der Waals surface area contributed by atoms with Crippen LogP contribution in [0.5, 0.6) is 0 Å². The summed E-state index contributed by atoms with van der Waals surface area (Å²) in [6.07, 6.45) is 1.04. The second-order valence-electron chi connectivity index (χ2n) is 2.80. The minimum Gasteiger partial charge on any atom is -0.188 e. The van der Waals surface area contributed by atoms with Crippen LogP contribution in [0.15, 0.2) is 28.4 Å². The second-order valence-corrected chi connectivity index (χ2v) is 2.80. The van der Waals surface area contributed by atoms with Crippen molar-refractivity contribution >= 4 is 5.69 Å². The highest BCUT2D eigenvalue weighted by molar-refractivity contribution is 5.52. The summed E-state index contributed by atoms with van der Waals surface area (Å²) in [5.74, 6) is 0. The number of azo groups is 1. The molecule has 0 radical (unpaired) electrons. The predicted octanol–water partition coefficient (Wildman–Crippen LogP) is 2.63. The molecule has 1 aliphatic rings. The fourth-order valence-corrected chi connectivity index (χ4v) is 1.36. The van der Waals surface area contributed by atoms with Gasteiger partial charge in [0.05, 0.1) is 12.2 Å². The molecule has 0 aliphatic carbocycles. The van der Waals surface area contributed by atoms with E-state index < -0.39 is 0 Å². The number of hydrogen-bond donors (Lipinski definition) is 0. The van der Waals surface area contributed by atoms with E-state index in [2.05, 4.69) is 35.4 Å². The largest absolute Gasteiger partial charge is 0.188 e. The first-order chi connectivity index (χ1) is 5.38. The Labute approximate surface area is 66.0 Å². The molecule has 11 heavy (non-hydrogen) atoms. The van der Waals surface area contributed by atoms with Gasteiger partial charge in [0, 0.05) is 0 Å². The van der Waals surface area contributed by atoms with Crippen molar-refractivity contribution in [3.63, 3.8) is 0 Å². The van der Waals surface area contributed by atoms with Gasteiger partial charge in [0.15, 0.2) is 0 Å². The van der Waals surface area contributed by atoms with E-state index >= 15 is 0 Å². The molecule has 0 fully saturated rings. The Bertz CT molecular complexity index is 302. The monoisotopic (exact) mass is 146 g/mol. The van der Waals surface area contributed by atoms with Crippen LogP contribution in [0.25, 0.3) is 0 Å². The van der Waals surface area contributed by atoms with E-state index in [1.807, 2.05) is 0 Å². The lowest BCUT2D eigenvalue weighted by molar-refractivity contribution is 0.859. The molecule has 0 bridgehead atoms. The number of nitrogens with zero attached hydrogens (tertiary/aromatic N) is 2. The maximum atomic E-state index is 4.12. The van der Waals surface area contributed by atoms with Gasteiger partial charge in [-0.25, -0.2) is 0 Å². The van der Waals surface area contributed by atoms with Crippen LogP contribution < -0.4 is 0 Å². The maximum Gasteiger partial charge on any atom is 0.0914 e. The van der Waals surface area contributed by atoms with E-state index in [0.29, 0.717) is 0 Å². The van der Waals surface area contributed by atoms with Crippen molar-refractivity contribution in [1.29, 1.82) is 0 Å². The summed E-state index contributed by atoms with van der Waals surface area (Å²) in [5.41, 5.74) is 3.64. The van der Waals surface area contributed by atoms with E-state index in [1.54, 1.807) is 0 Å². The van der Waals surface area contributed by atoms with Crippen LogP contribution >= 0.6 is 0 Å². The van der Waals surface area contributed by atoms with Crippen molar-refractivity contribution in [2.24, 2.45) is 10.2 Å². The molecule has 1 heterocycles. The molecular weight excluding hydrogens is 136 g/mol. The van der Waals surface area contributed by atoms with Gasteiger partial charge in [-0.15, -0.1) is 0 Å². The molecule has 0 aromatic heterocycles. The summed E-state index contributed by atoms with van der Waals surface area (Å²) in [4.78, 5) is 0. The highest BCUT2D eigenvalue weighted by Crippen LogP contribution is 2.27. The van der Waals surface area contributed by atoms with Crippen LogP contribution in [0.4, 0.5) is 5.69 Å². The van der Waals surface area contributed by atoms with Crippen LogP contribution in [0.1, 0.15) is 11.1 Å². The van der Waals surface area contributed by atoms with Crippen LogP contribution in [0, 0.1) is 6.92 Å². The van der Waals surface area contributed by atoms with Gasteiger partial charge >= 0.3 is 0 Å². The van der Waals surface area contributed by atoms with Crippen LogP contribution in [-0.4, -0.2) is 6.54 Å². The average molecular weight is 146 g/mol. The Morgan fingerprint density at radius 1 is 1.36 bits per heavy atom. The van der Waals surface area contributed by atoms with Crippen molar-refractivity contribution in [1.82, 2.24) is 0 Å². The first-order valence-electron chi connectivity index (χ1n) is 3.84. The molecule has 0 spiro atoms. The Morgan fingerprint density at radius 3 is 3.09 bits per heavy atom. The minimum atomic E-state index is 0.844. The zero-order chi connectivity index (χ0) is 7.68. The second kappa shape index (κ2) is 2.46. The van der Waals surface area contributed by atoms with Gasteiger partial charge in [0.1, 0.15) is 0 Å². The van der Waals surface area contributed by atoms with Gasteiger partial charge in [0.2, 0.25) is 0 Å². The number of fused-ring (bicyclic) bond motifs is 1. The van der Waals surface area contributed by atoms with Gasteiger partial charge < -0.3 is 0 Å². The summed E-state index contributed by atoms with van der Waals surface area (Å²) < 4.78 is 0. The molecule has 0 N–H and O–H groups in total. The van der Waals surface area contributed by atoms with Crippen molar-refractivity contribution in [2.75, 3.05) is 6.54 Å². The number of aryl methyl sites for hydroxylation is 1. The molecule has 0 unspecified atom stereocenters. The van der Waals surface area contributed by atoms with Crippen molar-refractivity contribution in [2.45, 2.75) is 13.3 Å². The quantitative estimate of drug-likeness (QED) is 0.537. The van der Waals surface area contributed by atoms with Crippen molar-refractivity contribution in [3.8, 4) is 0 Å². The third-order valence-corrected chi connectivity index (χ3v) is 1.97. The fourth-order valence-electron chi connectivity index (χ4n) is 1.36. The van der Waals surface area contributed by atoms with Gasteiger partial charge in [-0.2, -0.15) is 10.2 Å². The normalized spacial score (nSPS) is 14.6. The van der Waals surface area contributed by atoms with Crippen LogP contribution in [-0.2, 0) is 6.42 Å². The standard InChI is InChI=1S/C9H10N2/c1-7-3-2-4-8-5-6-10-11-9(7)8/h2-4H,5-6H2,1H3. The molecule has 0 atom stereocenters. The van der Waals surface area contributed by atoms with Gasteiger partial charge in [0.25, 0.3) is 0 Å². The molecule has 2 nitrogen and oxygen atoms in total. The topological polar surface area (TPSA) is 24.7 Å². The summed E-state index contributed by atoms with van der Waals surface area (Å²) in [6, 6.07) is 6.28. The molecular formula is C9H10N2. The number of hydrogen-bond acceptors (Lipinski definition) is 2. The summed E-state index contributed by atoms with van der Waals surface area (Å²) >= 11 is 0. The zero-order valence-corrected chi connectivity index (χ0v) is 6.54. The minimum absolute atomic E-state index is 0.844. The molecule has 2 rings (SSSR count). The lowest BCUT2D eigenvalue weighted by Crippen LogP contribution is -1.95. The Hall–Kier alpha value is -1.18. The van der Waals surface area contributed by atoms with Crippen molar-refractivity contribution in [3.05, 3.63) is 29.3 Å². The van der Waals surface area contributed by atoms with E-state index in [9.17, 15) is 0 Å². The average Bonchev–Trinajstić information content (AvgIpc) is 2.06. The molecule has 1 aromatic rings. The summed E-state index contributed by atoms with van der Waals surface area (Å²) in [7, 11) is 0. The van der Waals surface area contributed by atoms with E-state index in [1.165, 1.54) is 11.1 Å². The third-order valence-electron chi connectivity index (χ3n) is 1.97. The Kier molecular flexibility index (Phi) is 1.46. The first kappa shape index (κ1) is 6.53. The van der Waals surface area contributed by atoms with Gasteiger partial charge in [-0.3, -0.25) is 0 Å². The van der Waals surface area contributed by atoms with Gasteiger partial charge in [-0.05, 0) is 24.5 Å². The molecule has 0 amide bonds. The SMILES string of the molecule is Cc1cccc2c1N=NCC2. The molecule has 0 saturated carbocycles. The highest BCUT2D eigenvalue weighted by Gasteiger charge is 2.07. The Morgan fingerprint density at radius 2 is 2.27 bits per heavy atom. The fraction of sp³-hybridized carbons (Fsp3) is 0.333.